The molecule has 0 spiro atoms. The Labute approximate surface area is 101 Å². The number of phenols is 1. The number of phenolic OH excluding ortho intramolecular Hbond substituents is 1. The molecular formula is C13H18N2O2. The summed E-state index contributed by atoms with van der Waals surface area (Å²) in [5.41, 5.74) is 6.79. The van der Waals surface area contributed by atoms with Gasteiger partial charge in [-0.2, -0.15) is 0 Å². The summed E-state index contributed by atoms with van der Waals surface area (Å²) in [5.74, 6) is -0.173. The van der Waals surface area contributed by atoms with Crippen molar-refractivity contribution in [3.05, 3.63) is 29.3 Å². The van der Waals surface area contributed by atoms with E-state index in [-0.39, 0.29) is 17.1 Å². The van der Waals surface area contributed by atoms with Crippen molar-refractivity contribution in [2.75, 3.05) is 13.1 Å². The lowest BCUT2D eigenvalue weighted by Crippen LogP contribution is -2.33. The molecule has 0 bridgehead atoms. The molecule has 0 atom stereocenters. The number of para-hydroxylation sites is 1. The van der Waals surface area contributed by atoms with Gasteiger partial charge in [0.25, 0.3) is 5.91 Å². The first-order valence-electron chi connectivity index (χ1n) is 5.85. The second-order valence-corrected chi connectivity index (χ2v) is 4.86. The molecule has 17 heavy (non-hydrogen) atoms. The van der Waals surface area contributed by atoms with Crippen molar-refractivity contribution in [1.29, 1.82) is 0 Å². The van der Waals surface area contributed by atoms with E-state index in [1.165, 1.54) is 0 Å². The zero-order valence-corrected chi connectivity index (χ0v) is 9.99. The molecule has 1 aromatic rings. The molecule has 4 nitrogen and oxygen atoms in total. The van der Waals surface area contributed by atoms with Crippen LogP contribution in [0.2, 0.25) is 0 Å². The quantitative estimate of drug-likeness (QED) is 0.732. The van der Waals surface area contributed by atoms with Crippen molar-refractivity contribution in [1.82, 2.24) is 5.32 Å². The van der Waals surface area contributed by atoms with Crippen molar-refractivity contribution in [3.8, 4) is 5.75 Å². The number of amides is 1. The van der Waals surface area contributed by atoms with Gasteiger partial charge in [0.2, 0.25) is 0 Å². The number of hydrogen-bond donors (Lipinski definition) is 3. The summed E-state index contributed by atoms with van der Waals surface area (Å²) in [6.45, 7) is 2.97. The number of hydrogen-bond acceptors (Lipinski definition) is 3. The second-order valence-electron chi connectivity index (χ2n) is 4.86. The van der Waals surface area contributed by atoms with Gasteiger partial charge in [-0.25, -0.2) is 0 Å². The molecule has 1 aliphatic rings. The first-order chi connectivity index (χ1) is 8.08. The van der Waals surface area contributed by atoms with Gasteiger partial charge in [-0.15, -0.1) is 0 Å². The Morgan fingerprint density at radius 2 is 2.24 bits per heavy atom. The topological polar surface area (TPSA) is 75.4 Å². The largest absolute Gasteiger partial charge is 0.507 e. The average molecular weight is 234 g/mol. The lowest BCUT2D eigenvalue weighted by atomic mass is 10.1. The molecule has 2 rings (SSSR count). The molecule has 92 valence electrons. The first-order valence-corrected chi connectivity index (χ1v) is 5.85. The van der Waals surface area contributed by atoms with E-state index in [1.54, 1.807) is 25.1 Å². The summed E-state index contributed by atoms with van der Waals surface area (Å²) in [6, 6.07) is 5.16. The van der Waals surface area contributed by atoms with Gasteiger partial charge in [0, 0.05) is 12.0 Å². The van der Waals surface area contributed by atoms with Gasteiger partial charge in [0.05, 0.1) is 5.56 Å². The Hall–Kier alpha value is -1.55. The van der Waals surface area contributed by atoms with Crippen LogP contribution < -0.4 is 11.1 Å². The van der Waals surface area contributed by atoms with Crippen molar-refractivity contribution in [3.63, 3.8) is 0 Å². The second kappa shape index (κ2) is 4.37. The van der Waals surface area contributed by atoms with Gasteiger partial charge in [-0.1, -0.05) is 12.1 Å². The van der Waals surface area contributed by atoms with E-state index >= 15 is 0 Å². The predicted octanol–water partition coefficient (Wildman–Crippen LogP) is 1.17. The maximum absolute atomic E-state index is 11.9. The number of aryl methyl sites for hydroxylation is 1. The zero-order valence-electron chi connectivity index (χ0n) is 9.99. The van der Waals surface area contributed by atoms with Crippen LogP contribution in [-0.4, -0.2) is 24.1 Å². The molecule has 1 fully saturated rings. The molecule has 0 saturated heterocycles. The van der Waals surface area contributed by atoms with Crippen LogP contribution in [0.1, 0.15) is 28.8 Å². The number of nitrogens with one attached hydrogen (secondary N) is 1. The fraction of sp³-hybridized carbons (Fsp3) is 0.462. The van der Waals surface area contributed by atoms with Crippen LogP contribution in [0.3, 0.4) is 0 Å². The van der Waals surface area contributed by atoms with Crippen molar-refractivity contribution in [2.45, 2.75) is 19.8 Å². The lowest BCUT2D eigenvalue weighted by molar-refractivity contribution is 0.0942. The molecule has 0 unspecified atom stereocenters. The van der Waals surface area contributed by atoms with Crippen LogP contribution in [0, 0.1) is 12.3 Å². The molecule has 0 aromatic heterocycles. The average Bonchev–Trinajstić information content (AvgIpc) is 3.10. The van der Waals surface area contributed by atoms with Crippen LogP contribution in [0.5, 0.6) is 5.75 Å². The summed E-state index contributed by atoms with van der Waals surface area (Å²) in [6.07, 6.45) is 2.15. The molecule has 0 radical (unpaired) electrons. The highest BCUT2D eigenvalue weighted by molar-refractivity contribution is 5.97. The summed E-state index contributed by atoms with van der Waals surface area (Å²) < 4.78 is 0. The highest BCUT2D eigenvalue weighted by Crippen LogP contribution is 2.43. The molecule has 1 saturated carbocycles. The molecule has 1 amide bonds. The molecule has 1 aromatic carbocycles. The molecule has 4 heteroatoms. The lowest BCUT2D eigenvalue weighted by Gasteiger charge is -2.14. The van der Waals surface area contributed by atoms with E-state index < -0.39 is 0 Å². The molecule has 1 aliphatic carbocycles. The minimum Gasteiger partial charge on any atom is -0.507 e. The van der Waals surface area contributed by atoms with E-state index in [1.807, 2.05) is 0 Å². The van der Waals surface area contributed by atoms with Crippen LogP contribution in [0.15, 0.2) is 18.2 Å². The Kier molecular flexibility index (Phi) is 3.07. The van der Waals surface area contributed by atoms with Crippen LogP contribution in [0.4, 0.5) is 0 Å². The van der Waals surface area contributed by atoms with Gasteiger partial charge in [0.1, 0.15) is 5.75 Å². The molecular weight excluding hydrogens is 216 g/mol. The van der Waals surface area contributed by atoms with Crippen molar-refractivity contribution < 1.29 is 9.90 Å². The number of carbonyl (C=O) groups excluding carboxylic acids is 1. The van der Waals surface area contributed by atoms with Gasteiger partial charge in [-0.05, 0) is 37.9 Å². The van der Waals surface area contributed by atoms with Gasteiger partial charge < -0.3 is 16.2 Å². The number of benzene rings is 1. The maximum atomic E-state index is 11.9. The van der Waals surface area contributed by atoms with Crippen LogP contribution in [0.25, 0.3) is 0 Å². The monoisotopic (exact) mass is 234 g/mol. The standard InChI is InChI=1S/C13H18N2O2/c1-9-3-2-4-10(11(9)16)12(17)15-8-13(7-14)5-6-13/h2-4,16H,5-8,14H2,1H3,(H,15,17). The summed E-state index contributed by atoms with van der Waals surface area (Å²) in [4.78, 5) is 11.9. The minimum atomic E-state index is -0.231. The molecule has 0 aliphatic heterocycles. The predicted molar refractivity (Wildman–Crippen MR) is 65.9 cm³/mol. The number of aromatic hydroxyl groups is 1. The zero-order chi connectivity index (χ0) is 12.5. The number of nitrogens with two attached hydrogens (primary N) is 1. The summed E-state index contributed by atoms with van der Waals surface area (Å²) in [7, 11) is 0. The van der Waals surface area contributed by atoms with Crippen molar-refractivity contribution in [2.24, 2.45) is 11.1 Å². The Morgan fingerprint density at radius 3 is 2.82 bits per heavy atom. The van der Waals surface area contributed by atoms with E-state index in [4.69, 9.17) is 5.73 Å². The highest BCUT2D eigenvalue weighted by Gasteiger charge is 2.41. The van der Waals surface area contributed by atoms with Gasteiger partial charge in [-0.3, -0.25) is 4.79 Å². The van der Waals surface area contributed by atoms with E-state index in [0.29, 0.717) is 24.2 Å². The third kappa shape index (κ3) is 2.42. The van der Waals surface area contributed by atoms with E-state index in [0.717, 1.165) is 12.8 Å². The smallest absolute Gasteiger partial charge is 0.255 e. The third-order valence-corrected chi connectivity index (χ3v) is 3.50. The SMILES string of the molecule is Cc1cccc(C(=O)NCC2(CN)CC2)c1O. The normalized spacial score (nSPS) is 16.6. The highest BCUT2D eigenvalue weighted by atomic mass is 16.3. The number of carbonyl (C=O) groups is 1. The first kappa shape index (κ1) is 11.9. The van der Waals surface area contributed by atoms with E-state index in [2.05, 4.69) is 5.32 Å². The molecule has 0 heterocycles. The third-order valence-electron chi connectivity index (χ3n) is 3.50. The summed E-state index contributed by atoms with van der Waals surface area (Å²) >= 11 is 0. The fourth-order valence-corrected chi connectivity index (χ4v) is 1.84. The number of rotatable bonds is 4. The minimum absolute atomic E-state index is 0.0580. The Balaban J connectivity index is 2.02. The van der Waals surface area contributed by atoms with E-state index in [9.17, 15) is 9.90 Å². The van der Waals surface area contributed by atoms with Gasteiger partial charge in [0.15, 0.2) is 0 Å². The maximum Gasteiger partial charge on any atom is 0.255 e. The summed E-state index contributed by atoms with van der Waals surface area (Å²) in [5, 5.41) is 12.6. The Bertz CT molecular complexity index is 439. The Morgan fingerprint density at radius 1 is 1.53 bits per heavy atom. The van der Waals surface area contributed by atoms with Crippen LogP contribution in [-0.2, 0) is 0 Å². The van der Waals surface area contributed by atoms with Crippen molar-refractivity contribution >= 4 is 5.91 Å². The van der Waals surface area contributed by atoms with Crippen LogP contribution >= 0.6 is 0 Å². The fourth-order valence-electron chi connectivity index (χ4n) is 1.84. The van der Waals surface area contributed by atoms with Gasteiger partial charge >= 0.3 is 0 Å². The molecule has 4 N–H and O–H groups in total.